The van der Waals surface area contributed by atoms with Gasteiger partial charge in [-0.1, -0.05) is 10.3 Å². The second-order valence-corrected chi connectivity index (χ2v) is 3.57. The number of fused-ring (bicyclic) bond motifs is 1. The summed E-state index contributed by atoms with van der Waals surface area (Å²) in [5, 5.41) is 19.5. The predicted molar refractivity (Wildman–Crippen MR) is 45.6 cm³/mol. The van der Waals surface area contributed by atoms with Crippen LogP contribution in [0.4, 0.5) is 0 Å². The number of oxime groups is 1. The molecule has 7 nitrogen and oxygen atoms in total. The highest BCUT2D eigenvalue weighted by Crippen LogP contribution is 2.34. The zero-order valence-electron chi connectivity index (χ0n) is 7.84. The molecular weight excluding hydrogens is 202 g/mol. The van der Waals surface area contributed by atoms with Crippen molar-refractivity contribution in [3.05, 3.63) is 11.4 Å². The van der Waals surface area contributed by atoms with E-state index in [1.807, 2.05) is 0 Å². The normalized spacial score (nSPS) is 26.0. The zero-order chi connectivity index (χ0) is 10.3. The quantitative estimate of drug-likeness (QED) is 0.477. The Morgan fingerprint density at radius 1 is 1.20 bits per heavy atom. The Morgan fingerprint density at radius 2 is 2.00 bits per heavy atom. The number of hydrogen-bond acceptors (Lipinski definition) is 7. The van der Waals surface area contributed by atoms with E-state index in [4.69, 9.17) is 14.7 Å². The Bertz CT molecular complexity index is 408. The van der Waals surface area contributed by atoms with Gasteiger partial charge in [0.1, 0.15) is 11.4 Å². The van der Waals surface area contributed by atoms with E-state index in [0.717, 1.165) is 0 Å². The number of rotatable bonds is 0. The van der Waals surface area contributed by atoms with Crippen molar-refractivity contribution < 1.29 is 19.3 Å². The molecule has 0 unspecified atom stereocenters. The Kier molecular flexibility index (Phi) is 1.77. The van der Waals surface area contributed by atoms with Crippen molar-refractivity contribution in [2.24, 2.45) is 5.16 Å². The summed E-state index contributed by atoms with van der Waals surface area (Å²) in [5.74, 6) is -0.743. The van der Waals surface area contributed by atoms with Crippen LogP contribution in [0, 0.1) is 0 Å². The molecule has 1 spiro atoms. The van der Waals surface area contributed by atoms with Crippen molar-refractivity contribution in [1.82, 2.24) is 10.3 Å². The maximum Gasteiger partial charge on any atom is 0.179 e. The first-order valence-corrected chi connectivity index (χ1v) is 4.64. The second-order valence-electron chi connectivity index (χ2n) is 3.57. The van der Waals surface area contributed by atoms with Gasteiger partial charge >= 0.3 is 0 Å². The summed E-state index contributed by atoms with van der Waals surface area (Å²) in [6.07, 6.45) is 0.843. The van der Waals surface area contributed by atoms with Crippen LogP contribution in [0.25, 0.3) is 0 Å². The molecule has 2 heterocycles. The van der Waals surface area contributed by atoms with E-state index in [9.17, 15) is 0 Å². The summed E-state index contributed by atoms with van der Waals surface area (Å²) in [4.78, 5) is 0. The Hall–Kier alpha value is -1.47. The van der Waals surface area contributed by atoms with Gasteiger partial charge in [-0.25, -0.2) is 4.63 Å². The molecule has 1 fully saturated rings. The second kappa shape index (κ2) is 3.01. The fourth-order valence-corrected chi connectivity index (χ4v) is 1.98. The topological polar surface area (TPSA) is 90.0 Å². The van der Waals surface area contributed by atoms with E-state index in [-0.39, 0.29) is 0 Å². The van der Waals surface area contributed by atoms with Gasteiger partial charge < -0.3 is 14.7 Å². The molecule has 1 N–H and O–H groups in total. The molecule has 80 valence electrons. The lowest BCUT2D eigenvalue weighted by atomic mass is 9.93. The number of hydrogen-bond donors (Lipinski definition) is 1. The highest BCUT2D eigenvalue weighted by Gasteiger charge is 2.45. The molecule has 0 bridgehead atoms. The Labute approximate surface area is 84.6 Å². The Balaban J connectivity index is 2.03. The van der Waals surface area contributed by atoms with Crippen molar-refractivity contribution in [3.63, 3.8) is 0 Å². The van der Waals surface area contributed by atoms with Crippen LogP contribution in [0.5, 0.6) is 0 Å². The van der Waals surface area contributed by atoms with Crippen LogP contribution in [0.3, 0.4) is 0 Å². The SMILES string of the molecule is O/N=C1\CC2(Cc3nonc31)OCCO2. The number of ether oxygens (including phenoxy) is 2. The van der Waals surface area contributed by atoms with E-state index in [1.165, 1.54) is 0 Å². The van der Waals surface area contributed by atoms with E-state index in [0.29, 0.717) is 43.2 Å². The van der Waals surface area contributed by atoms with Crippen molar-refractivity contribution >= 4 is 5.71 Å². The largest absolute Gasteiger partial charge is 0.411 e. The van der Waals surface area contributed by atoms with Gasteiger partial charge in [0, 0.05) is 0 Å². The lowest BCUT2D eigenvalue weighted by molar-refractivity contribution is -0.152. The number of nitrogens with zero attached hydrogens (tertiary/aromatic N) is 3. The molecule has 0 amide bonds. The molecule has 0 atom stereocenters. The van der Waals surface area contributed by atoms with Crippen LogP contribution in [-0.2, 0) is 15.9 Å². The molecule has 1 aliphatic carbocycles. The molecule has 3 rings (SSSR count). The van der Waals surface area contributed by atoms with Crippen molar-refractivity contribution in [2.75, 3.05) is 13.2 Å². The third-order valence-corrected chi connectivity index (χ3v) is 2.64. The molecule has 1 aliphatic heterocycles. The zero-order valence-corrected chi connectivity index (χ0v) is 7.84. The molecule has 0 saturated carbocycles. The van der Waals surface area contributed by atoms with Gasteiger partial charge in [0.2, 0.25) is 0 Å². The van der Waals surface area contributed by atoms with Gasteiger partial charge in [-0.2, -0.15) is 0 Å². The molecule has 15 heavy (non-hydrogen) atoms. The summed E-state index contributed by atoms with van der Waals surface area (Å²) in [6, 6.07) is 0. The van der Waals surface area contributed by atoms with Crippen LogP contribution < -0.4 is 0 Å². The minimum Gasteiger partial charge on any atom is -0.411 e. The van der Waals surface area contributed by atoms with Crippen LogP contribution in [-0.4, -0.2) is 40.2 Å². The van der Waals surface area contributed by atoms with Crippen molar-refractivity contribution in [1.29, 1.82) is 0 Å². The summed E-state index contributed by atoms with van der Waals surface area (Å²) >= 11 is 0. The molecule has 2 aliphatic rings. The first-order valence-electron chi connectivity index (χ1n) is 4.64. The highest BCUT2D eigenvalue weighted by molar-refractivity contribution is 6.00. The van der Waals surface area contributed by atoms with Crippen LogP contribution in [0.15, 0.2) is 9.78 Å². The third kappa shape index (κ3) is 1.24. The predicted octanol–water partition coefficient (Wildman–Crippen LogP) is -0.0628. The maximum absolute atomic E-state index is 8.87. The molecular formula is C8H9N3O4. The van der Waals surface area contributed by atoms with Crippen LogP contribution in [0.1, 0.15) is 17.8 Å². The maximum atomic E-state index is 8.87. The van der Waals surface area contributed by atoms with Gasteiger partial charge in [-0.15, -0.1) is 0 Å². The summed E-state index contributed by atoms with van der Waals surface area (Å²) in [5.41, 5.74) is 1.48. The summed E-state index contributed by atoms with van der Waals surface area (Å²) in [6.45, 7) is 1.08. The van der Waals surface area contributed by atoms with Gasteiger partial charge in [-0.05, 0) is 5.16 Å². The molecule has 7 heteroatoms. The first kappa shape index (κ1) is 8.81. The smallest absolute Gasteiger partial charge is 0.179 e. The van der Waals surface area contributed by atoms with Gasteiger partial charge in [0.15, 0.2) is 11.5 Å². The average molecular weight is 211 g/mol. The lowest BCUT2D eigenvalue weighted by Crippen LogP contribution is -2.40. The fraction of sp³-hybridized carbons (Fsp3) is 0.625. The minimum atomic E-state index is -0.743. The minimum absolute atomic E-state index is 0.366. The Morgan fingerprint density at radius 3 is 2.73 bits per heavy atom. The van der Waals surface area contributed by atoms with Gasteiger partial charge in [0.05, 0.1) is 26.1 Å². The molecule has 1 saturated heterocycles. The lowest BCUT2D eigenvalue weighted by Gasteiger charge is -2.29. The van der Waals surface area contributed by atoms with Gasteiger partial charge in [0.25, 0.3) is 0 Å². The van der Waals surface area contributed by atoms with Crippen LogP contribution >= 0.6 is 0 Å². The van der Waals surface area contributed by atoms with Crippen molar-refractivity contribution in [3.8, 4) is 0 Å². The van der Waals surface area contributed by atoms with Crippen LogP contribution in [0.2, 0.25) is 0 Å². The van der Waals surface area contributed by atoms with E-state index >= 15 is 0 Å². The molecule has 0 radical (unpaired) electrons. The monoisotopic (exact) mass is 211 g/mol. The van der Waals surface area contributed by atoms with Gasteiger partial charge in [-0.3, -0.25) is 0 Å². The fourth-order valence-electron chi connectivity index (χ4n) is 1.98. The molecule has 1 aromatic heterocycles. The van der Waals surface area contributed by atoms with E-state index in [1.54, 1.807) is 0 Å². The standard InChI is InChI=1S/C8H9N3O4/c12-9-5-3-8(13-1-2-14-8)4-6-7(5)11-15-10-6/h12H,1-4H2/b9-5+. The highest BCUT2D eigenvalue weighted by atomic mass is 16.7. The molecule has 1 aromatic rings. The van der Waals surface area contributed by atoms with Crippen molar-refractivity contribution in [2.45, 2.75) is 18.6 Å². The first-order chi connectivity index (χ1) is 7.33. The summed E-state index contributed by atoms with van der Waals surface area (Å²) in [7, 11) is 0. The third-order valence-electron chi connectivity index (χ3n) is 2.64. The van der Waals surface area contributed by atoms with E-state index in [2.05, 4.69) is 20.1 Å². The van der Waals surface area contributed by atoms with E-state index < -0.39 is 5.79 Å². The molecule has 0 aromatic carbocycles. The summed E-state index contributed by atoms with van der Waals surface area (Å²) < 4.78 is 15.6. The average Bonchev–Trinajstić information content (AvgIpc) is 2.86. The number of aromatic nitrogens is 2.